The molecule has 1 N–H and O–H groups in total. The first-order valence-corrected chi connectivity index (χ1v) is 9.73. The first-order chi connectivity index (χ1) is 12.2. The van der Waals surface area contributed by atoms with Crippen molar-refractivity contribution in [3.8, 4) is 0 Å². The van der Waals surface area contributed by atoms with Crippen LogP contribution < -0.4 is 0 Å². The Morgan fingerprint density at radius 1 is 1.38 bits per heavy atom. The molecular formula is C18H27N3O4S. The van der Waals surface area contributed by atoms with Crippen molar-refractivity contribution >= 4 is 29.1 Å². The van der Waals surface area contributed by atoms with Crippen LogP contribution in [0, 0.1) is 18.8 Å². The number of aryl methyl sites for hydroxylation is 1. The average molecular weight is 381 g/mol. The smallest absolute Gasteiger partial charge is 0.308 e. The standard InChI is InChI=1S/C18H27N3O4S/c1-11(2)8-14-16(26-12(3)19-14)17(23)20(4)10-15(22)21-7-5-6-13(9-21)18(24)25/h11,13H,5-10H2,1-4H3,(H,24,25). The van der Waals surface area contributed by atoms with Crippen LogP contribution in [0.2, 0.25) is 0 Å². The van der Waals surface area contributed by atoms with Gasteiger partial charge in [-0.15, -0.1) is 11.3 Å². The van der Waals surface area contributed by atoms with Gasteiger partial charge in [-0.25, -0.2) is 4.98 Å². The van der Waals surface area contributed by atoms with Gasteiger partial charge < -0.3 is 14.9 Å². The summed E-state index contributed by atoms with van der Waals surface area (Å²) in [5.74, 6) is -1.41. The summed E-state index contributed by atoms with van der Waals surface area (Å²) in [6.07, 6.45) is 1.99. The molecule has 0 aromatic carbocycles. The molecule has 144 valence electrons. The van der Waals surface area contributed by atoms with Gasteiger partial charge in [0.25, 0.3) is 5.91 Å². The number of carboxylic acids is 1. The van der Waals surface area contributed by atoms with Gasteiger partial charge in [0.2, 0.25) is 5.91 Å². The summed E-state index contributed by atoms with van der Waals surface area (Å²) in [5, 5.41) is 9.99. The lowest BCUT2D eigenvalue weighted by molar-refractivity contribution is -0.145. The van der Waals surface area contributed by atoms with Crippen LogP contribution in [0.4, 0.5) is 0 Å². The second kappa shape index (κ2) is 8.62. The molecule has 0 aliphatic carbocycles. The minimum atomic E-state index is -0.870. The number of rotatable bonds is 6. The molecule has 8 heteroatoms. The first kappa shape index (κ1) is 20.4. The molecule has 1 fully saturated rings. The molecule has 0 bridgehead atoms. The van der Waals surface area contributed by atoms with Gasteiger partial charge in [0.05, 0.1) is 23.2 Å². The second-order valence-electron chi connectivity index (χ2n) is 7.29. The number of nitrogens with zero attached hydrogens (tertiary/aromatic N) is 3. The van der Waals surface area contributed by atoms with Gasteiger partial charge >= 0.3 is 5.97 Å². The summed E-state index contributed by atoms with van der Waals surface area (Å²) in [6, 6.07) is 0. The number of aliphatic carboxylic acids is 1. The van der Waals surface area contributed by atoms with E-state index in [4.69, 9.17) is 5.11 Å². The summed E-state index contributed by atoms with van der Waals surface area (Å²) in [4.78, 5) is 44.5. The molecule has 2 rings (SSSR count). The SMILES string of the molecule is Cc1nc(CC(C)C)c(C(=O)N(C)CC(=O)N2CCCC(C(=O)O)C2)s1. The van der Waals surface area contributed by atoms with Crippen molar-refractivity contribution in [1.29, 1.82) is 0 Å². The molecule has 1 unspecified atom stereocenters. The van der Waals surface area contributed by atoms with E-state index in [1.54, 1.807) is 11.9 Å². The summed E-state index contributed by atoms with van der Waals surface area (Å²) >= 11 is 1.35. The summed E-state index contributed by atoms with van der Waals surface area (Å²) in [6.45, 7) is 6.73. The molecule has 26 heavy (non-hydrogen) atoms. The van der Waals surface area contributed by atoms with Gasteiger partial charge in [0.15, 0.2) is 0 Å². The lowest BCUT2D eigenvalue weighted by Gasteiger charge is -2.32. The molecule has 1 saturated heterocycles. The Kier molecular flexibility index (Phi) is 6.75. The highest BCUT2D eigenvalue weighted by atomic mass is 32.1. The Balaban J connectivity index is 2.03. The summed E-state index contributed by atoms with van der Waals surface area (Å²) in [7, 11) is 1.60. The van der Waals surface area contributed by atoms with Gasteiger partial charge in [-0.2, -0.15) is 0 Å². The van der Waals surface area contributed by atoms with Gasteiger partial charge in [-0.1, -0.05) is 13.8 Å². The van der Waals surface area contributed by atoms with Crippen LogP contribution in [-0.4, -0.2) is 64.4 Å². The number of carboxylic acid groups (broad SMARTS) is 1. The van der Waals surface area contributed by atoms with Gasteiger partial charge in [-0.05, 0) is 32.1 Å². The topological polar surface area (TPSA) is 90.8 Å². The fourth-order valence-electron chi connectivity index (χ4n) is 3.12. The summed E-state index contributed by atoms with van der Waals surface area (Å²) in [5.41, 5.74) is 0.788. The van der Waals surface area contributed by atoms with Gasteiger partial charge in [-0.3, -0.25) is 14.4 Å². The van der Waals surface area contributed by atoms with E-state index < -0.39 is 11.9 Å². The average Bonchev–Trinajstić information content (AvgIpc) is 2.93. The number of hydrogen-bond donors (Lipinski definition) is 1. The van der Waals surface area contributed by atoms with Crippen LogP contribution >= 0.6 is 11.3 Å². The van der Waals surface area contributed by atoms with Crippen molar-refractivity contribution < 1.29 is 19.5 Å². The maximum absolute atomic E-state index is 12.8. The van der Waals surface area contributed by atoms with Gasteiger partial charge in [0.1, 0.15) is 4.88 Å². The van der Waals surface area contributed by atoms with E-state index >= 15 is 0 Å². The van der Waals surface area contributed by atoms with Crippen LogP contribution in [0.3, 0.4) is 0 Å². The minimum Gasteiger partial charge on any atom is -0.481 e. The molecular weight excluding hydrogens is 354 g/mol. The zero-order valence-corrected chi connectivity index (χ0v) is 16.6. The third-order valence-electron chi connectivity index (χ3n) is 4.44. The third-order valence-corrected chi connectivity index (χ3v) is 5.44. The summed E-state index contributed by atoms with van der Waals surface area (Å²) < 4.78 is 0. The van der Waals surface area contributed by atoms with Gasteiger partial charge in [0, 0.05) is 20.1 Å². The maximum atomic E-state index is 12.8. The van der Waals surface area contributed by atoms with E-state index in [9.17, 15) is 14.4 Å². The quantitative estimate of drug-likeness (QED) is 0.814. The molecule has 0 saturated carbocycles. The fourth-order valence-corrected chi connectivity index (χ4v) is 4.06. The highest BCUT2D eigenvalue weighted by molar-refractivity contribution is 7.13. The monoisotopic (exact) mass is 381 g/mol. The largest absolute Gasteiger partial charge is 0.481 e. The predicted octanol–water partition coefficient (Wildman–Crippen LogP) is 2.05. The van der Waals surface area contributed by atoms with Crippen LogP contribution in [0.15, 0.2) is 0 Å². The predicted molar refractivity (Wildman–Crippen MR) is 99.3 cm³/mol. The maximum Gasteiger partial charge on any atom is 0.308 e. The van der Waals surface area contributed by atoms with Crippen molar-refractivity contribution in [3.05, 3.63) is 15.6 Å². The molecule has 1 aliphatic rings. The molecule has 2 amide bonds. The number of amides is 2. The fraction of sp³-hybridized carbons (Fsp3) is 0.667. The molecule has 1 atom stereocenters. The highest BCUT2D eigenvalue weighted by Crippen LogP contribution is 2.23. The molecule has 7 nitrogen and oxygen atoms in total. The van der Waals surface area contributed by atoms with E-state index in [0.717, 1.165) is 17.1 Å². The highest BCUT2D eigenvalue weighted by Gasteiger charge is 2.29. The molecule has 2 heterocycles. The molecule has 1 aromatic heterocycles. The van der Waals surface area contributed by atoms with E-state index in [0.29, 0.717) is 30.2 Å². The van der Waals surface area contributed by atoms with Crippen molar-refractivity contribution in [3.63, 3.8) is 0 Å². The van der Waals surface area contributed by atoms with Crippen LogP contribution in [0.25, 0.3) is 0 Å². The zero-order chi connectivity index (χ0) is 19.4. The number of hydrogen-bond acceptors (Lipinski definition) is 5. The van der Waals surface area contributed by atoms with E-state index in [1.165, 1.54) is 16.2 Å². The molecule has 1 aliphatic heterocycles. The van der Waals surface area contributed by atoms with Crippen molar-refractivity contribution in [2.45, 2.75) is 40.0 Å². The molecule has 1 aromatic rings. The van der Waals surface area contributed by atoms with E-state index in [1.807, 2.05) is 6.92 Å². The minimum absolute atomic E-state index is 0.0523. The van der Waals surface area contributed by atoms with E-state index in [-0.39, 0.29) is 24.9 Å². The van der Waals surface area contributed by atoms with Crippen LogP contribution in [0.5, 0.6) is 0 Å². The third kappa shape index (κ3) is 5.03. The number of likely N-dealkylation sites (tertiary alicyclic amines) is 1. The Bertz CT molecular complexity index is 686. The number of carbonyl (C=O) groups excluding carboxylic acids is 2. The van der Waals surface area contributed by atoms with Crippen molar-refractivity contribution in [1.82, 2.24) is 14.8 Å². The molecule has 0 radical (unpaired) electrons. The number of aromatic nitrogens is 1. The first-order valence-electron chi connectivity index (χ1n) is 8.91. The Labute approximate surface area is 158 Å². The molecule has 0 spiro atoms. The van der Waals surface area contributed by atoms with Crippen molar-refractivity contribution in [2.75, 3.05) is 26.7 Å². The lowest BCUT2D eigenvalue weighted by atomic mass is 9.98. The Hall–Kier alpha value is -1.96. The normalized spacial score (nSPS) is 17.4. The van der Waals surface area contributed by atoms with E-state index in [2.05, 4.69) is 18.8 Å². The Morgan fingerprint density at radius 3 is 2.69 bits per heavy atom. The van der Waals surface area contributed by atoms with Crippen molar-refractivity contribution in [2.24, 2.45) is 11.8 Å². The lowest BCUT2D eigenvalue weighted by Crippen LogP contribution is -2.46. The van der Waals surface area contributed by atoms with Crippen LogP contribution in [-0.2, 0) is 16.0 Å². The number of carbonyl (C=O) groups is 3. The second-order valence-corrected chi connectivity index (χ2v) is 8.49. The zero-order valence-electron chi connectivity index (χ0n) is 15.8. The Morgan fingerprint density at radius 2 is 2.08 bits per heavy atom. The number of likely N-dealkylation sites (N-methyl/N-ethyl adjacent to an activating group) is 1. The van der Waals surface area contributed by atoms with Crippen LogP contribution in [0.1, 0.15) is 47.1 Å². The number of piperidine rings is 1. The number of thiazole rings is 1.